The Kier molecular flexibility index (Phi) is 2.42. The SMILES string of the molecule is Cc1ccc(N)cc1-c1ccc(F)cc1. The molecule has 0 amide bonds. The monoisotopic (exact) mass is 201 g/mol. The number of benzene rings is 2. The molecule has 0 aromatic heterocycles. The average Bonchev–Trinajstić information content (AvgIpc) is 2.23. The summed E-state index contributed by atoms with van der Waals surface area (Å²) in [5, 5.41) is 0. The first-order chi connectivity index (χ1) is 7.16. The molecule has 0 aliphatic rings. The van der Waals surface area contributed by atoms with Crippen molar-refractivity contribution in [3.63, 3.8) is 0 Å². The number of nitrogen functional groups attached to an aromatic ring is 1. The minimum absolute atomic E-state index is 0.222. The maximum absolute atomic E-state index is 12.8. The number of hydrogen-bond donors (Lipinski definition) is 1. The summed E-state index contributed by atoms with van der Waals surface area (Å²) >= 11 is 0. The third kappa shape index (κ3) is 1.99. The van der Waals surface area contributed by atoms with Crippen molar-refractivity contribution < 1.29 is 4.39 Å². The lowest BCUT2D eigenvalue weighted by atomic mass is 10.00. The van der Waals surface area contributed by atoms with E-state index in [4.69, 9.17) is 5.73 Å². The van der Waals surface area contributed by atoms with Crippen LogP contribution < -0.4 is 5.73 Å². The number of rotatable bonds is 1. The first kappa shape index (κ1) is 9.71. The van der Waals surface area contributed by atoms with Crippen LogP contribution >= 0.6 is 0 Å². The summed E-state index contributed by atoms with van der Waals surface area (Å²) in [5.41, 5.74) is 9.62. The molecule has 0 bridgehead atoms. The van der Waals surface area contributed by atoms with Gasteiger partial charge in [-0.3, -0.25) is 0 Å². The van der Waals surface area contributed by atoms with E-state index < -0.39 is 0 Å². The summed E-state index contributed by atoms with van der Waals surface area (Å²) < 4.78 is 12.8. The number of aryl methyl sites for hydroxylation is 1. The van der Waals surface area contributed by atoms with Crippen molar-refractivity contribution in [2.45, 2.75) is 6.92 Å². The van der Waals surface area contributed by atoms with E-state index in [1.165, 1.54) is 12.1 Å². The van der Waals surface area contributed by atoms with Crippen LogP contribution in [0.3, 0.4) is 0 Å². The Morgan fingerprint density at radius 2 is 1.67 bits per heavy atom. The zero-order valence-electron chi connectivity index (χ0n) is 8.50. The number of halogens is 1. The Bertz CT molecular complexity index is 474. The minimum Gasteiger partial charge on any atom is -0.399 e. The van der Waals surface area contributed by atoms with E-state index in [9.17, 15) is 4.39 Å². The third-order valence-electron chi connectivity index (χ3n) is 2.42. The molecular formula is C13H12FN. The molecular weight excluding hydrogens is 189 g/mol. The van der Waals surface area contributed by atoms with Gasteiger partial charge in [0.25, 0.3) is 0 Å². The van der Waals surface area contributed by atoms with Gasteiger partial charge in [-0.05, 0) is 47.9 Å². The summed E-state index contributed by atoms with van der Waals surface area (Å²) in [4.78, 5) is 0. The van der Waals surface area contributed by atoms with E-state index in [1.54, 1.807) is 12.1 Å². The molecule has 2 aromatic carbocycles. The Balaban J connectivity index is 2.53. The Hall–Kier alpha value is -1.83. The Morgan fingerprint density at radius 1 is 1.00 bits per heavy atom. The second-order valence-corrected chi connectivity index (χ2v) is 3.58. The van der Waals surface area contributed by atoms with E-state index in [-0.39, 0.29) is 5.82 Å². The molecule has 0 saturated heterocycles. The maximum Gasteiger partial charge on any atom is 0.123 e. The molecule has 0 atom stereocenters. The molecule has 2 rings (SSSR count). The molecule has 0 aliphatic heterocycles. The van der Waals surface area contributed by atoms with Gasteiger partial charge in [0.15, 0.2) is 0 Å². The van der Waals surface area contributed by atoms with Gasteiger partial charge in [0, 0.05) is 5.69 Å². The van der Waals surface area contributed by atoms with Crippen molar-refractivity contribution in [3.8, 4) is 11.1 Å². The minimum atomic E-state index is -0.222. The molecule has 2 N–H and O–H groups in total. The normalized spacial score (nSPS) is 10.3. The van der Waals surface area contributed by atoms with Gasteiger partial charge in [-0.1, -0.05) is 18.2 Å². The van der Waals surface area contributed by atoms with Crippen molar-refractivity contribution in [2.24, 2.45) is 0 Å². The van der Waals surface area contributed by atoms with Gasteiger partial charge in [-0.25, -0.2) is 4.39 Å². The number of hydrogen-bond acceptors (Lipinski definition) is 1. The molecule has 0 saturated carbocycles. The van der Waals surface area contributed by atoms with Crippen LogP contribution in [0.1, 0.15) is 5.56 Å². The zero-order chi connectivity index (χ0) is 10.8. The van der Waals surface area contributed by atoms with E-state index in [0.717, 1.165) is 22.4 Å². The first-order valence-electron chi connectivity index (χ1n) is 4.79. The van der Waals surface area contributed by atoms with Crippen LogP contribution in [0.2, 0.25) is 0 Å². The zero-order valence-corrected chi connectivity index (χ0v) is 8.50. The van der Waals surface area contributed by atoms with Gasteiger partial charge in [0.2, 0.25) is 0 Å². The fraction of sp³-hybridized carbons (Fsp3) is 0.0769. The fourth-order valence-corrected chi connectivity index (χ4v) is 1.58. The quantitative estimate of drug-likeness (QED) is 0.703. The van der Waals surface area contributed by atoms with Gasteiger partial charge in [-0.15, -0.1) is 0 Å². The highest BCUT2D eigenvalue weighted by Gasteiger charge is 2.02. The predicted molar refractivity (Wildman–Crippen MR) is 61.0 cm³/mol. The molecule has 0 radical (unpaired) electrons. The first-order valence-corrected chi connectivity index (χ1v) is 4.79. The van der Waals surface area contributed by atoms with E-state index >= 15 is 0 Å². The summed E-state index contributed by atoms with van der Waals surface area (Å²) in [6.45, 7) is 2.01. The van der Waals surface area contributed by atoms with Gasteiger partial charge >= 0.3 is 0 Å². The van der Waals surface area contributed by atoms with Gasteiger partial charge in [-0.2, -0.15) is 0 Å². The van der Waals surface area contributed by atoms with Crippen LogP contribution in [0.5, 0.6) is 0 Å². The molecule has 1 nitrogen and oxygen atoms in total. The molecule has 76 valence electrons. The van der Waals surface area contributed by atoms with Crippen LogP contribution in [0, 0.1) is 12.7 Å². The van der Waals surface area contributed by atoms with E-state index in [2.05, 4.69) is 0 Å². The van der Waals surface area contributed by atoms with Gasteiger partial charge in [0.1, 0.15) is 5.82 Å². The smallest absolute Gasteiger partial charge is 0.123 e. The van der Waals surface area contributed by atoms with Crippen LogP contribution in [0.25, 0.3) is 11.1 Å². The van der Waals surface area contributed by atoms with Gasteiger partial charge < -0.3 is 5.73 Å². The Morgan fingerprint density at radius 3 is 2.33 bits per heavy atom. The summed E-state index contributed by atoms with van der Waals surface area (Å²) in [7, 11) is 0. The largest absolute Gasteiger partial charge is 0.399 e. The molecule has 0 fully saturated rings. The molecule has 2 heteroatoms. The van der Waals surface area contributed by atoms with Crippen molar-refractivity contribution in [1.82, 2.24) is 0 Å². The number of nitrogens with two attached hydrogens (primary N) is 1. The van der Waals surface area contributed by atoms with Crippen LogP contribution in [0.4, 0.5) is 10.1 Å². The Labute approximate surface area is 88.4 Å². The summed E-state index contributed by atoms with van der Waals surface area (Å²) in [5.74, 6) is -0.222. The summed E-state index contributed by atoms with van der Waals surface area (Å²) in [6, 6.07) is 12.2. The predicted octanol–water partition coefficient (Wildman–Crippen LogP) is 3.38. The van der Waals surface area contributed by atoms with E-state index in [0.29, 0.717) is 0 Å². The average molecular weight is 201 g/mol. The van der Waals surface area contributed by atoms with Crippen molar-refractivity contribution >= 4 is 5.69 Å². The second kappa shape index (κ2) is 3.73. The second-order valence-electron chi connectivity index (χ2n) is 3.58. The number of anilines is 1. The van der Waals surface area contributed by atoms with Crippen molar-refractivity contribution in [3.05, 3.63) is 53.8 Å². The molecule has 0 aliphatic carbocycles. The van der Waals surface area contributed by atoms with Crippen molar-refractivity contribution in [1.29, 1.82) is 0 Å². The molecule has 0 spiro atoms. The lowest BCUT2D eigenvalue weighted by Crippen LogP contribution is -1.88. The van der Waals surface area contributed by atoms with Crippen LogP contribution in [-0.2, 0) is 0 Å². The third-order valence-corrected chi connectivity index (χ3v) is 2.42. The molecule has 0 heterocycles. The topological polar surface area (TPSA) is 26.0 Å². The standard InChI is InChI=1S/C13H12FN/c1-9-2-7-12(15)8-13(9)10-3-5-11(14)6-4-10/h2-8H,15H2,1H3. The lowest BCUT2D eigenvalue weighted by molar-refractivity contribution is 0.628. The van der Waals surface area contributed by atoms with Gasteiger partial charge in [0.05, 0.1) is 0 Å². The van der Waals surface area contributed by atoms with Crippen molar-refractivity contribution in [2.75, 3.05) is 5.73 Å². The molecule has 2 aromatic rings. The molecule has 0 unspecified atom stereocenters. The highest BCUT2D eigenvalue weighted by atomic mass is 19.1. The highest BCUT2D eigenvalue weighted by Crippen LogP contribution is 2.25. The lowest BCUT2D eigenvalue weighted by Gasteiger charge is -2.06. The fourth-order valence-electron chi connectivity index (χ4n) is 1.58. The van der Waals surface area contributed by atoms with Crippen LogP contribution in [-0.4, -0.2) is 0 Å². The maximum atomic E-state index is 12.8. The molecule has 15 heavy (non-hydrogen) atoms. The highest BCUT2D eigenvalue weighted by molar-refractivity contribution is 5.70. The summed E-state index contributed by atoms with van der Waals surface area (Å²) in [6.07, 6.45) is 0. The van der Waals surface area contributed by atoms with E-state index in [1.807, 2.05) is 25.1 Å². The van der Waals surface area contributed by atoms with Crippen LogP contribution in [0.15, 0.2) is 42.5 Å².